The van der Waals surface area contributed by atoms with Crippen molar-refractivity contribution in [2.45, 2.75) is 51.5 Å². The lowest BCUT2D eigenvalue weighted by atomic mass is 9.70. The Labute approximate surface area is 118 Å². The zero-order valence-electron chi connectivity index (χ0n) is 12.9. The van der Waals surface area contributed by atoms with E-state index in [0.29, 0.717) is 5.54 Å². The van der Waals surface area contributed by atoms with Gasteiger partial charge in [-0.15, -0.1) is 0 Å². The van der Waals surface area contributed by atoms with Gasteiger partial charge in [0.2, 0.25) is 0 Å². The van der Waals surface area contributed by atoms with Crippen molar-refractivity contribution < 1.29 is 0 Å². The van der Waals surface area contributed by atoms with Gasteiger partial charge in [0, 0.05) is 23.9 Å². The van der Waals surface area contributed by atoms with Crippen molar-refractivity contribution in [3.05, 3.63) is 30.1 Å². The van der Waals surface area contributed by atoms with Crippen LogP contribution in [0.1, 0.15) is 45.2 Å². The largest absolute Gasteiger partial charge is 0.303 e. The summed E-state index contributed by atoms with van der Waals surface area (Å²) in [6.07, 6.45) is 8.34. The van der Waals surface area contributed by atoms with Gasteiger partial charge in [-0.2, -0.15) is 0 Å². The third kappa shape index (κ3) is 3.36. The van der Waals surface area contributed by atoms with Crippen molar-refractivity contribution in [1.29, 1.82) is 0 Å². The zero-order chi connectivity index (χ0) is 13.9. The molecule has 0 aliphatic heterocycles. The highest BCUT2D eigenvalue weighted by atomic mass is 15.1. The molecule has 0 aromatic carbocycles. The molecule has 2 heteroatoms. The Morgan fingerprint density at radius 2 is 1.95 bits per heavy atom. The molecule has 0 atom stereocenters. The molecule has 0 saturated heterocycles. The molecule has 0 bridgehead atoms. The second-order valence-corrected chi connectivity index (χ2v) is 6.70. The summed E-state index contributed by atoms with van der Waals surface area (Å²) >= 11 is 0. The van der Waals surface area contributed by atoms with E-state index in [9.17, 15) is 0 Å². The van der Waals surface area contributed by atoms with Crippen LogP contribution >= 0.6 is 0 Å². The van der Waals surface area contributed by atoms with E-state index in [4.69, 9.17) is 0 Å². The second-order valence-electron chi connectivity index (χ2n) is 6.70. The van der Waals surface area contributed by atoms with Crippen molar-refractivity contribution >= 4 is 0 Å². The third-order valence-corrected chi connectivity index (χ3v) is 5.09. The number of nitrogens with zero attached hydrogens (tertiary/aromatic N) is 2. The fourth-order valence-corrected chi connectivity index (χ4v) is 3.47. The molecule has 19 heavy (non-hydrogen) atoms. The molecule has 1 aromatic rings. The van der Waals surface area contributed by atoms with E-state index in [1.54, 1.807) is 0 Å². The lowest BCUT2D eigenvalue weighted by Crippen LogP contribution is -2.49. The van der Waals surface area contributed by atoms with Crippen LogP contribution < -0.4 is 0 Å². The molecule has 1 aliphatic carbocycles. The first-order chi connectivity index (χ1) is 9.03. The summed E-state index contributed by atoms with van der Waals surface area (Å²) < 4.78 is 0. The quantitative estimate of drug-likeness (QED) is 0.819. The molecule has 2 nitrogen and oxygen atoms in total. The molecule has 0 amide bonds. The molecule has 0 spiro atoms. The van der Waals surface area contributed by atoms with Gasteiger partial charge in [-0.3, -0.25) is 4.98 Å². The lowest BCUT2D eigenvalue weighted by Gasteiger charge is -2.46. The summed E-state index contributed by atoms with van der Waals surface area (Å²) in [5.41, 5.74) is 1.55. The Kier molecular flexibility index (Phi) is 4.62. The van der Waals surface area contributed by atoms with Crippen molar-refractivity contribution in [2.75, 3.05) is 14.1 Å². The van der Waals surface area contributed by atoms with Gasteiger partial charge in [-0.05, 0) is 63.7 Å². The molecule has 106 valence electrons. The maximum Gasteiger partial charge on any atom is 0.0422 e. The van der Waals surface area contributed by atoms with Gasteiger partial charge in [-0.25, -0.2) is 0 Å². The Morgan fingerprint density at radius 1 is 1.26 bits per heavy atom. The van der Waals surface area contributed by atoms with Crippen LogP contribution in [-0.2, 0) is 6.42 Å². The van der Waals surface area contributed by atoms with E-state index in [1.807, 2.05) is 12.3 Å². The van der Waals surface area contributed by atoms with Crippen molar-refractivity contribution in [2.24, 2.45) is 11.8 Å². The highest BCUT2D eigenvalue weighted by molar-refractivity contribution is 5.10. The minimum atomic E-state index is 0.319. The first-order valence-electron chi connectivity index (χ1n) is 7.61. The van der Waals surface area contributed by atoms with Crippen LogP contribution in [0.5, 0.6) is 0 Å². The third-order valence-electron chi connectivity index (χ3n) is 5.09. The molecule has 1 fully saturated rings. The zero-order valence-corrected chi connectivity index (χ0v) is 12.9. The van der Waals surface area contributed by atoms with E-state index in [-0.39, 0.29) is 0 Å². The number of pyridine rings is 1. The number of hydrogen-bond acceptors (Lipinski definition) is 2. The lowest BCUT2D eigenvalue weighted by molar-refractivity contribution is 0.0675. The minimum absolute atomic E-state index is 0.319. The Balaban J connectivity index is 2.08. The fraction of sp³-hybridized carbons (Fsp3) is 0.706. The normalized spacial score (nSPS) is 28.0. The van der Waals surface area contributed by atoms with Crippen molar-refractivity contribution in [1.82, 2.24) is 9.88 Å². The average molecular weight is 260 g/mol. The molecular formula is C17H28N2. The van der Waals surface area contributed by atoms with Gasteiger partial charge in [0.05, 0.1) is 0 Å². The van der Waals surface area contributed by atoms with Crippen molar-refractivity contribution in [3.63, 3.8) is 0 Å². The molecule has 1 saturated carbocycles. The maximum absolute atomic E-state index is 4.53. The van der Waals surface area contributed by atoms with Gasteiger partial charge in [0.15, 0.2) is 0 Å². The van der Waals surface area contributed by atoms with Crippen LogP contribution in [0.3, 0.4) is 0 Å². The molecular weight excluding hydrogens is 232 g/mol. The number of aromatic nitrogens is 1. The van der Waals surface area contributed by atoms with Gasteiger partial charge in [-0.1, -0.05) is 19.9 Å². The first kappa shape index (κ1) is 14.5. The van der Waals surface area contributed by atoms with Gasteiger partial charge in [0.1, 0.15) is 0 Å². The molecule has 0 unspecified atom stereocenters. The van der Waals surface area contributed by atoms with Crippen LogP contribution in [0.4, 0.5) is 0 Å². The number of likely N-dealkylation sites (N-methyl/N-ethyl adjacent to an activating group) is 1. The Bertz CT molecular complexity index is 376. The fourth-order valence-electron chi connectivity index (χ4n) is 3.47. The predicted octanol–water partition coefficient (Wildman–Crippen LogP) is 3.77. The summed E-state index contributed by atoms with van der Waals surface area (Å²) in [6.45, 7) is 4.73. The summed E-state index contributed by atoms with van der Waals surface area (Å²) in [6, 6.07) is 6.27. The molecule has 1 aromatic heterocycles. The van der Waals surface area contributed by atoms with Crippen LogP contribution in [0.15, 0.2) is 24.4 Å². The van der Waals surface area contributed by atoms with Gasteiger partial charge >= 0.3 is 0 Å². The molecule has 2 rings (SSSR count). The topological polar surface area (TPSA) is 16.1 Å². The van der Waals surface area contributed by atoms with E-state index in [0.717, 1.165) is 18.3 Å². The average Bonchev–Trinajstić information content (AvgIpc) is 2.40. The summed E-state index contributed by atoms with van der Waals surface area (Å²) in [7, 11) is 4.47. The number of rotatable bonds is 4. The van der Waals surface area contributed by atoms with E-state index >= 15 is 0 Å². The van der Waals surface area contributed by atoms with Crippen LogP contribution in [0.2, 0.25) is 0 Å². The van der Waals surface area contributed by atoms with Crippen LogP contribution in [0, 0.1) is 11.8 Å². The highest BCUT2D eigenvalue weighted by Gasteiger charge is 2.38. The molecule has 0 N–H and O–H groups in total. The minimum Gasteiger partial charge on any atom is -0.303 e. The monoisotopic (exact) mass is 260 g/mol. The van der Waals surface area contributed by atoms with Crippen LogP contribution in [0.25, 0.3) is 0 Å². The second kappa shape index (κ2) is 6.04. The van der Waals surface area contributed by atoms with E-state index in [2.05, 4.69) is 50.0 Å². The summed E-state index contributed by atoms with van der Waals surface area (Å²) in [5, 5.41) is 0. The van der Waals surface area contributed by atoms with E-state index < -0.39 is 0 Å². The number of hydrogen-bond donors (Lipinski definition) is 0. The Morgan fingerprint density at radius 3 is 2.42 bits per heavy atom. The molecule has 1 heterocycles. The SMILES string of the molecule is CC(C)C1CCC(Cc2ccccn2)(N(C)C)CC1. The molecule has 0 radical (unpaired) electrons. The highest BCUT2D eigenvalue weighted by Crippen LogP contribution is 2.40. The first-order valence-corrected chi connectivity index (χ1v) is 7.61. The standard InChI is InChI=1S/C17H28N2/c1-14(2)15-8-10-17(11-9-15,19(3)4)13-16-7-5-6-12-18-16/h5-7,12,14-15H,8-11,13H2,1-4H3. The van der Waals surface area contributed by atoms with E-state index in [1.165, 1.54) is 31.4 Å². The Hall–Kier alpha value is -0.890. The smallest absolute Gasteiger partial charge is 0.0422 e. The maximum atomic E-state index is 4.53. The summed E-state index contributed by atoms with van der Waals surface area (Å²) in [5.74, 6) is 1.74. The molecule has 1 aliphatic rings. The van der Waals surface area contributed by atoms with Gasteiger partial charge < -0.3 is 4.90 Å². The van der Waals surface area contributed by atoms with Crippen molar-refractivity contribution in [3.8, 4) is 0 Å². The summed E-state index contributed by atoms with van der Waals surface area (Å²) in [4.78, 5) is 6.97. The van der Waals surface area contributed by atoms with Crippen LogP contribution in [-0.4, -0.2) is 29.5 Å². The predicted molar refractivity (Wildman–Crippen MR) is 81.2 cm³/mol. The van der Waals surface area contributed by atoms with Gasteiger partial charge in [0.25, 0.3) is 0 Å².